The van der Waals surface area contributed by atoms with Gasteiger partial charge in [-0.2, -0.15) is 5.10 Å². The molecule has 8 heteroatoms. The lowest BCUT2D eigenvalue weighted by atomic mass is 9.85. The molecular formula is C21H21N7O. The summed E-state index contributed by atoms with van der Waals surface area (Å²) in [5.74, 6) is 1.05. The molecule has 1 atom stereocenters. The molecule has 29 heavy (non-hydrogen) atoms. The second-order valence-electron chi connectivity index (χ2n) is 7.05. The van der Waals surface area contributed by atoms with E-state index in [-0.39, 0.29) is 12.5 Å². The summed E-state index contributed by atoms with van der Waals surface area (Å²) < 4.78 is 3.72. The Morgan fingerprint density at radius 3 is 3.00 bits per heavy atom. The van der Waals surface area contributed by atoms with Gasteiger partial charge in [0.25, 0.3) is 0 Å². The highest BCUT2D eigenvalue weighted by molar-refractivity contribution is 5.81. The third-order valence-electron chi connectivity index (χ3n) is 5.30. The first kappa shape index (κ1) is 17.6. The number of hydrogen-bond acceptors (Lipinski definition) is 6. The summed E-state index contributed by atoms with van der Waals surface area (Å²) in [4.78, 5) is 6.79. The van der Waals surface area contributed by atoms with Crippen LogP contribution in [0, 0.1) is 0 Å². The summed E-state index contributed by atoms with van der Waals surface area (Å²) in [6.07, 6.45) is 11.6. The molecule has 0 amide bonds. The fourth-order valence-electron chi connectivity index (χ4n) is 3.92. The van der Waals surface area contributed by atoms with E-state index >= 15 is 0 Å². The van der Waals surface area contributed by atoms with Gasteiger partial charge in [0.05, 0.1) is 19.3 Å². The van der Waals surface area contributed by atoms with Crippen molar-refractivity contribution < 1.29 is 5.11 Å². The van der Waals surface area contributed by atoms with E-state index in [0.717, 1.165) is 35.7 Å². The molecule has 8 nitrogen and oxygen atoms in total. The maximum Gasteiger partial charge on any atom is 0.168 e. The van der Waals surface area contributed by atoms with E-state index in [1.165, 1.54) is 5.57 Å². The highest BCUT2D eigenvalue weighted by atomic mass is 16.3. The molecular weight excluding hydrogens is 366 g/mol. The van der Waals surface area contributed by atoms with Gasteiger partial charge < -0.3 is 10.0 Å². The molecule has 0 bridgehead atoms. The van der Waals surface area contributed by atoms with Crippen molar-refractivity contribution in [2.24, 2.45) is 0 Å². The van der Waals surface area contributed by atoms with Gasteiger partial charge in [-0.3, -0.25) is 9.08 Å². The van der Waals surface area contributed by atoms with Gasteiger partial charge >= 0.3 is 0 Å². The van der Waals surface area contributed by atoms with Gasteiger partial charge in [0.15, 0.2) is 5.65 Å². The molecule has 1 aliphatic rings. The van der Waals surface area contributed by atoms with Crippen LogP contribution < -0.4 is 4.90 Å². The summed E-state index contributed by atoms with van der Waals surface area (Å²) in [5.41, 5.74) is 4.23. The molecule has 1 aliphatic heterocycles. The van der Waals surface area contributed by atoms with Crippen LogP contribution >= 0.6 is 0 Å². The summed E-state index contributed by atoms with van der Waals surface area (Å²) >= 11 is 0. The van der Waals surface area contributed by atoms with Crippen LogP contribution in [0.3, 0.4) is 0 Å². The molecule has 0 fully saturated rings. The number of nitrogens with zero attached hydrogens (tertiary/aromatic N) is 7. The SMILES string of the molecule is OCCn1cc(C2CN(c3ccccn3)CC=C2c2cccn3cnnc23)cn1. The van der Waals surface area contributed by atoms with Gasteiger partial charge in [0, 0.05) is 43.2 Å². The van der Waals surface area contributed by atoms with Crippen molar-refractivity contribution in [1.82, 2.24) is 29.4 Å². The van der Waals surface area contributed by atoms with Crippen LogP contribution in [0.4, 0.5) is 5.82 Å². The fourth-order valence-corrected chi connectivity index (χ4v) is 3.92. The van der Waals surface area contributed by atoms with Crippen LogP contribution in [0.15, 0.2) is 67.5 Å². The maximum absolute atomic E-state index is 9.25. The minimum Gasteiger partial charge on any atom is -0.394 e. The van der Waals surface area contributed by atoms with Crippen molar-refractivity contribution in [2.45, 2.75) is 12.5 Å². The van der Waals surface area contributed by atoms with E-state index in [1.807, 2.05) is 53.5 Å². The van der Waals surface area contributed by atoms with Crippen molar-refractivity contribution in [3.63, 3.8) is 0 Å². The molecule has 0 saturated heterocycles. The molecule has 0 saturated carbocycles. The predicted molar refractivity (Wildman–Crippen MR) is 109 cm³/mol. The van der Waals surface area contributed by atoms with Gasteiger partial charge in [-0.25, -0.2) is 4.98 Å². The molecule has 1 N–H and O–H groups in total. The third-order valence-corrected chi connectivity index (χ3v) is 5.30. The Labute approximate surface area is 167 Å². The largest absolute Gasteiger partial charge is 0.394 e. The molecule has 0 radical (unpaired) electrons. The van der Waals surface area contributed by atoms with Gasteiger partial charge in [-0.15, -0.1) is 10.2 Å². The average molecular weight is 387 g/mol. The first-order valence-electron chi connectivity index (χ1n) is 9.61. The van der Waals surface area contributed by atoms with Crippen LogP contribution in [0.1, 0.15) is 17.0 Å². The molecule has 4 aromatic rings. The van der Waals surface area contributed by atoms with E-state index < -0.39 is 0 Å². The predicted octanol–water partition coefficient (Wildman–Crippen LogP) is 2.00. The van der Waals surface area contributed by atoms with Crippen molar-refractivity contribution in [3.8, 4) is 0 Å². The van der Waals surface area contributed by atoms with Gasteiger partial charge in [0.1, 0.15) is 12.1 Å². The van der Waals surface area contributed by atoms with Crippen molar-refractivity contribution >= 4 is 17.0 Å². The van der Waals surface area contributed by atoms with Crippen LogP contribution in [0.25, 0.3) is 11.2 Å². The minimum absolute atomic E-state index is 0.0631. The summed E-state index contributed by atoms with van der Waals surface area (Å²) in [6.45, 7) is 2.09. The van der Waals surface area contributed by atoms with Crippen molar-refractivity contribution in [3.05, 3.63) is 78.6 Å². The zero-order chi connectivity index (χ0) is 19.6. The van der Waals surface area contributed by atoms with Gasteiger partial charge in [-0.1, -0.05) is 12.1 Å². The number of fused-ring (bicyclic) bond motifs is 1. The zero-order valence-electron chi connectivity index (χ0n) is 15.8. The molecule has 4 aromatic heterocycles. The average Bonchev–Trinajstić information content (AvgIpc) is 3.44. The Bertz CT molecular complexity index is 1150. The number of pyridine rings is 2. The highest BCUT2D eigenvalue weighted by Crippen LogP contribution is 2.37. The quantitative estimate of drug-likeness (QED) is 0.564. The smallest absolute Gasteiger partial charge is 0.168 e. The Kier molecular flexibility index (Phi) is 4.53. The van der Waals surface area contributed by atoms with E-state index in [1.54, 1.807) is 11.0 Å². The van der Waals surface area contributed by atoms with Gasteiger partial charge in [0.2, 0.25) is 0 Å². The third kappa shape index (κ3) is 3.27. The normalized spacial score (nSPS) is 16.9. The summed E-state index contributed by atoms with van der Waals surface area (Å²) in [5, 5.41) is 22.1. The van der Waals surface area contributed by atoms with Gasteiger partial charge in [-0.05, 0) is 35.4 Å². The van der Waals surface area contributed by atoms with E-state index in [4.69, 9.17) is 0 Å². The fraction of sp³-hybridized carbons (Fsp3) is 0.238. The Balaban J connectivity index is 1.58. The number of aliphatic hydroxyl groups excluding tert-OH is 1. The van der Waals surface area contributed by atoms with Crippen molar-refractivity contribution in [2.75, 3.05) is 24.6 Å². The first-order valence-corrected chi connectivity index (χ1v) is 9.61. The number of rotatable bonds is 5. The number of hydrogen-bond donors (Lipinski definition) is 1. The monoisotopic (exact) mass is 387 g/mol. The topological polar surface area (TPSA) is 84.4 Å². The maximum atomic E-state index is 9.25. The summed E-state index contributed by atoms with van der Waals surface area (Å²) in [7, 11) is 0. The number of anilines is 1. The molecule has 5 rings (SSSR count). The molecule has 0 aliphatic carbocycles. The molecule has 1 unspecified atom stereocenters. The zero-order valence-corrected chi connectivity index (χ0v) is 15.8. The lowest BCUT2D eigenvalue weighted by Crippen LogP contribution is -2.34. The minimum atomic E-state index is 0.0631. The van der Waals surface area contributed by atoms with Crippen LogP contribution in [-0.2, 0) is 6.54 Å². The van der Waals surface area contributed by atoms with Crippen LogP contribution in [0.2, 0.25) is 0 Å². The number of aromatic nitrogens is 6. The van der Waals surface area contributed by atoms with Crippen LogP contribution in [-0.4, -0.2) is 54.2 Å². The molecule has 5 heterocycles. The standard InChI is InChI=1S/C21H21N7O/c29-11-10-28-13-16(12-24-28)19-14-26(20-5-1-2-7-22-20)9-6-17(19)18-4-3-8-27-15-23-25-21(18)27/h1-8,12-13,15,19,29H,9-11,14H2. The molecule has 146 valence electrons. The second kappa shape index (κ2) is 7.48. The van der Waals surface area contributed by atoms with E-state index in [0.29, 0.717) is 6.54 Å². The van der Waals surface area contributed by atoms with Crippen LogP contribution in [0.5, 0.6) is 0 Å². The number of aliphatic hydroxyl groups is 1. The Morgan fingerprint density at radius 2 is 2.14 bits per heavy atom. The highest BCUT2D eigenvalue weighted by Gasteiger charge is 2.28. The Morgan fingerprint density at radius 1 is 1.17 bits per heavy atom. The summed E-state index contributed by atoms with van der Waals surface area (Å²) in [6, 6.07) is 10.1. The lowest BCUT2D eigenvalue weighted by molar-refractivity contribution is 0.269. The second-order valence-corrected chi connectivity index (χ2v) is 7.05. The van der Waals surface area contributed by atoms with Crippen molar-refractivity contribution in [1.29, 1.82) is 0 Å². The molecule has 0 aromatic carbocycles. The Hall–Kier alpha value is -3.52. The lowest BCUT2D eigenvalue weighted by Gasteiger charge is -2.33. The molecule has 0 spiro atoms. The van der Waals surface area contributed by atoms with E-state index in [9.17, 15) is 5.11 Å². The van der Waals surface area contributed by atoms with E-state index in [2.05, 4.69) is 37.3 Å². The first-order chi connectivity index (χ1) is 14.3.